The first-order valence-electron chi connectivity index (χ1n) is 6.62. The summed E-state index contributed by atoms with van der Waals surface area (Å²) in [6, 6.07) is 12.1. The molecule has 102 valence electrons. The van der Waals surface area contributed by atoms with Crippen LogP contribution in [0.25, 0.3) is 11.3 Å². The fourth-order valence-electron chi connectivity index (χ4n) is 1.81. The van der Waals surface area contributed by atoms with Crippen LogP contribution in [0.2, 0.25) is 0 Å². The van der Waals surface area contributed by atoms with Crippen molar-refractivity contribution >= 4 is 0 Å². The van der Waals surface area contributed by atoms with E-state index in [9.17, 15) is 5.11 Å². The number of H-pyrrole nitrogens is 1. The minimum Gasteiger partial charge on any atom is -0.394 e. The lowest BCUT2D eigenvalue weighted by Crippen LogP contribution is -2.44. The Morgan fingerprint density at radius 1 is 1.32 bits per heavy atom. The summed E-state index contributed by atoms with van der Waals surface area (Å²) in [6.07, 6.45) is 0.878. The second-order valence-corrected chi connectivity index (χ2v) is 5.07. The largest absolute Gasteiger partial charge is 0.394 e. The Morgan fingerprint density at radius 2 is 2.05 bits per heavy atom. The van der Waals surface area contributed by atoms with Crippen LogP contribution < -0.4 is 5.32 Å². The van der Waals surface area contributed by atoms with Crippen molar-refractivity contribution in [3.63, 3.8) is 0 Å². The van der Waals surface area contributed by atoms with Crippen molar-refractivity contribution < 1.29 is 5.11 Å². The Balaban J connectivity index is 2.02. The lowest BCUT2D eigenvalue weighted by Gasteiger charge is -2.26. The van der Waals surface area contributed by atoms with Gasteiger partial charge >= 0.3 is 0 Å². The standard InChI is InChI=1S/C15H21N3O/c1-3-15(2,11-19)16-10-13-9-14(18-17-13)12-7-5-4-6-8-12/h4-9,16,19H,3,10-11H2,1-2H3,(H,17,18). The monoisotopic (exact) mass is 259 g/mol. The molecule has 4 nitrogen and oxygen atoms in total. The van der Waals surface area contributed by atoms with Gasteiger partial charge in [0.25, 0.3) is 0 Å². The van der Waals surface area contributed by atoms with Crippen LogP contribution in [0.15, 0.2) is 36.4 Å². The molecule has 0 spiro atoms. The molecule has 1 unspecified atom stereocenters. The maximum atomic E-state index is 9.36. The summed E-state index contributed by atoms with van der Waals surface area (Å²) < 4.78 is 0. The zero-order valence-electron chi connectivity index (χ0n) is 11.5. The molecule has 0 fully saturated rings. The molecule has 1 aromatic heterocycles. The van der Waals surface area contributed by atoms with Crippen molar-refractivity contribution in [1.29, 1.82) is 0 Å². The van der Waals surface area contributed by atoms with Gasteiger partial charge in [-0.05, 0) is 19.4 Å². The van der Waals surface area contributed by atoms with Gasteiger partial charge in [0.2, 0.25) is 0 Å². The molecule has 19 heavy (non-hydrogen) atoms. The first-order valence-corrected chi connectivity index (χ1v) is 6.62. The number of hydrogen-bond donors (Lipinski definition) is 3. The number of aromatic amines is 1. The number of aliphatic hydroxyl groups excluding tert-OH is 1. The van der Waals surface area contributed by atoms with E-state index in [0.717, 1.165) is 23.4 Å². The molecule has 0 bridgehead atoms. The molecule has 2 aromatic rings. The van der Waals surface area contributed by atoms with Gasteiger partial charge in [0.15, 0.2) is 0 Å². The van der Waals surface area contributed by atoms with Crippen LogP contribution in [0.5, 0.6) is 0 Å². The highest BCUT2D eigenvalue weighted by atomic mass is 16.3. The van der Waals surface area contributed by atoms with Gasteiger partial charge in [0.1, 0.15) is 0 Å². The van der Waals surface area contributed by atoms with E-state index in [2.05, 4.69) is 22.4 Å². The molecule has 0 radical (unpaired) electrons. The summed E-state index contributed by atoms with van der Waals surface area (Å²) >= 11 is 0. The second-order valence-electron chi connectivity index (χ2n) is 5.07. The van der Waals surface area contributed by atoms with Gasteiger partial charge in [0, 0.05) is 23.3 Å². The number of aliphatic hydroxyl groups is 1. The average Bonchev–Trinajstić information content (AvgIpc) is 2.95. The van der Waals surface area contributed by atoms with E-state index >= 15 is 0 Å². The maximum Gasteiger partial charge on any atom is 0.0924 e. The summed E-state index contributed by atoms with van der Waals surface area (Å²) in [7, 11) is 0. The summed E-state index contributed by atoms with van der Waals surface area (Å²) in [5, 5.41) is 20.1. The van der Waals surface area contributed by atoms with Gasteiger partial charge in [-0.25, -0.2) is 0 Å². The summed E-state index contributed by atoms with van der Waals surface area (Å²) in [4.78, 5) is 0. The summed E-state index contributed by atoms with van der Waals surface area (Å²) in [6.45, 7) is 4.88. The zero-order valence-corrected chi connectivity index (χ0v) is 11.5. The van der Waals surface area contributed by atoms with Crippen molar-refractivity contribution in [2.75, 3.05) is 6.61 Å². The van der Waals surface area contributed by atoms with Crippen LogP contribution in [0.3, 0.4) is 0 Å². The topological polar surface area (TPSA) is 60.9 Å². The van der Waals surface area contributed by atoms with E-state index < -0.39 is 0 Å². The Bertz CT molecular complexity index is 503. The molecule has 1 aromatic carbocycles. The lowest BCUT2D eigenvalue weighted by atomic mass is 10.0. The highest BCUT2D eigenvalue weighted by Gasteiger charge is 2.19. The molecule has 2 rings (SSSR count). The minimum absolute atomic E-state index is 0.128. The van der Waals surface area contributed by atoms with Gasteiger partial charge in [-0.3, -0.25) is 5.10 Å². The van der Waals surface area contributed by atoms with Crippen LogP contribution in [0.1, 0.15) is 26.0 Å². The Morgan fingerprint density at radius 3 is 2.68 bits per heavy atom. The van der Waals surface area contributed by atoms with Crippen molar-refractivity contribution in [2.24, 2.45) is 0 Å². The first-order chi connectivity index (χ1) is 9.17. The highest BCUT2D eigenvalue weighted by Crippen LogP contribution is 2.17. The fourth-order valence-corrected chi connectivity index (χ4v) is 1.81. The molecule has 0 aliphatic rings. The molecule has 4 heteroatoms. The highest BCUT2D eigenvalue weighted by molar-refractivity contribution is 5.58. The van der Waals surface area contributed by atoms with Gasteiger partial charge in [-0.2, -0.15) is 5.10 Å². The van der Waals surface area contributed by atoms with Crippen molar-refractivity contribution in [2.45, 2.75) is 32.4 Å². The molecule has 1 heterocycles. The van der Waals surface area contributed by atoms with Crippen LogP contribution in [-0.4, -0.2) is 27.4 Å². The van der Waals surface area contributed by atoms with Crippen LogP contribution in [0.4, 0.5) is 0 Å². The molecule has 1 atom stereocenters. The van der Waals surface area contributed by atoms with Gasteiger partial charge < -0.3 is 10.4 Å². The normalized spacial score (nSPS) is 14.3. The third-order valence-electron chi connectivity index (χ3n) is 3.54. The number of aromatic nitrogens is 2. The average molecular weight is 259 g/mol. The molecule has 3 N–H and O–H groups in total. The van der Waals surface area contributed by atoms with E-state index in [4.69, 9.17) is 0 Å². The SMILES string of the molecule is CCC(C)(CO)NCc1cc(-c2ccccc2)n[nH]1. The number of hydrogen-bond acceptors (Lipinski definition) is 3. The van der Waals surface area contributed by atoms with Crippen LogP contribution in [-0.2, 0) is 6.54 Å². The van der Waals surface area contributed by atoms with Crippen LogP contribution in [0, 0.1) is 0 Å². The smallest absolute Gasteiger partial charge is 0.0924 e. The van der Waals surface area contributed by atoms with E-state index in [0.29, 0.717) is 6.54 Å². The number of rotatable bonds is 6. The molecular weight excluding hydrogens is 238 g/mol. The molecule has 0 aliphatic carbocycles. The molecular formula is C15H21N3O. The van der Waals surface area contributed by atoms with E-state index in [1.54, 1.807) is 0 Å². The zero-order chi connectivity index (χ0) is 13.7. The minimum atomic E-state index is -0.238. The Labute approximate surface area is 113 Å². The molecule has 0 aliphatic heterocycles. The van der Waals surface area contributed by atoms with Crippen molar-refractivity contribution in [3.8, 4) is 11.3 Å². The van der Waals surface area contributed by atoms with Gasteiger partial charge in [-0.1, -0.05) is 37.3 Å². The number of benzene rings is 1. The molecule has 0 amide bonds. The molecule has 0 saturated carbocycles. The Hall–Kier alpha value is -1.65. The fraction of sp³-hybridized carbons (Fsp3) is 0.400. The lowest BCUT2D eigenvalue weighted by molar-refractivity contribution is 0.168. The summed E-state index contributed by atoms with van der Waals surface area (Å²) in [5.74, 6) is 0. The quantitative estimate of drug-likeness (QED) is 0.746. The van der Waals surface area contributed by atoms with E-state index in [1.807, 2.05) is 43.3 Å². The molecule has 0 saturated heterocycles. The number of nitrogens with zero attached hydrogens (tertiary/aromatic N) is 1. The predicted octanol–water partition coefficient (Wildman–Crippen LogP) is 2.33. The maximum absolute atomic E-state index is 9.36. The van der Waals surface area contributed by atoms with Crippen LogP contribution >= 0.6 is 0 Å². The van der Waals surface area contributed by atoms with Crippen molar-refractivity contribution in [1.82, 2.24) is 15.5 Å². The third-order valence-corrected chi connectivity index (χ3v) is 3.54. The third kappa shape index (κ3) is 3.43. The van der Waals surface area contributed by atoms with Gasteiger partial charge in [-0.15, -0.1) is 0 Å². The Kier molecular flexibility index (Phi) is 4.35. The second kappa shape index (κ2) is 5.99. The first kappa shape index (κ1) is 13.8. The van der Waals surface area contributed by atoms with E-state index in [1.165, 1.54) is 0 Å². The van der Waals surface area contributed by atoms with Gasteiger partial charge in [0.05, 0.1) is 12.3 Å². The predicted molar refractivity (Wildman–Crippen MR) is 76.6 cm³/mol. The number of nitrogens with one attached hydrogen (secondary N) is 2. The summed E-state index contributed by atoms with van der Waals surface area (Å²) in [5.41, 5.74) is 2.83. The van der Waals surface area contributed by atoms with E-state index in [-0.39, 0.29) is 12.1 Å². The van der Waals surface area contributed by atoms with Crippen molar-refractivity contribution in [3.05, 3.63) is 42.1 Å².